The SMILES string of the molecule is CC(O)c1ccc(C#N)cc1N1CCOCC1C(N)=O. The zero-order valence-electron chi connectivity index (χ0n) is 11.2. The fourth-order valence-corrected chi connectivity index (χ4v) is 2.34. The van der Waals surface area contributed by atoms with Crippen molar-refractivity contribution in [1.29, 1.82) is 5.26 Å². The molecule has 1 fully saturated rings. The van der Waals surface area contributed by atoms with E-state index in [1.807, 2.05) is 0 Å². The van der Waals surface area contributed by atoms with Crippen LogP contribution in [0.1, 0.15) is 24.2 Å². The van der Waals surface area contributed by atoms with Gasteiger partial charge in [-0.1, -0.05) is 6.07 Å². The molecule has 3 N–H and O–H groups in total. The lowest BCUT2D eigenvalue weighted by Crippen LogP contribution is -2.53. The van der Waals surface area contributed by atoms with Crippen LogP contribution in [0.25, 0.3) is 0 Å². The molecule has 20 heavy (non-hydrogen) atoms. The minimum atomic E-state index is -0.700. The highest BCUT2D eigenvalue weighted by molar-refractivity contribution is 5.84. The standard InChI is InChI=1S/C14H17N3O3/c1-9(18)11-3-2-10(7-15)6-12(11)17-4-5-20-8-13(17)14(16)19/h2-3,6,9,13,18H,4-5,8H2,1H3,(H2,16,19). The van der Waals surface area contributed by atoms with E-state index in [1.165, 1.54) is 0 Å². The molecule has 2 atom stereocenters. The Labute approximate surface area is 117 Å². The van der Waals surface area contributed by atoms with Gasteiger partial charge in [-0.15, -0.1) is 0 Å². The summed E-state index contributed by atoms with van der Waals surface area (Å²) in [5.41, 5.74) is 7.20. The molecule has 0 spiro atoms. The fourth-order valence-electron chi connectivity index (χ4n) is 2.34. The third kappa shape index (κ3) is 2.74. The van der Waals surface area contributed by atoms with E-state index < -0.39 is 18.1 Å². The predicted octanol–water partition coefficient (Wildman–Crippen LogP) is 0.302. The first-order valence-electron chi connectivity index (χ1n) is 6.40. The highest BCUT2D eigenvalue weighted by Gasteiger charge is 2.30. The first kappa shape index (κ1) is 14.3. The number of nitrogens with two attached hydrogens (primary N) is 1. The van der Waals surface area contributed by atoms with Crippen molar-refractivity contribution in [3.63, 3.8) is 0 Å². The lowest BCUT2D eigenvalue weighted by molar-refractivity contribution is -0.121. The third-order valence-electron chi connectivity index (χ3n) is 3.38. The number of benzene rings is 1. The molecule has 6 heteroatoms. The summed E-state index contributed by atoms with van der Waals surface area (Å²) in [5.74, 6) is -0.483. The van der Waals surface area contributed by atoms with Crippen LogP contribution in [0.3, 0.4) is 0 Å². The highest BCUT2D eigenvalue weighted by atomic mass is 16.5. The molecule has 1 saturated heterocycles. The van der Waals surface area contributed by atoms with Crippen molar-refractivity contribution < 1.29 is 14.6 Å². The largest absolute Gasteiger partial charge is 0.389 e. The third-order valence-corrected chi connectivity index (χ3v) is 3.38. The molecule has 2 unspecified atom stereocenters. The molecule has 1 heterocycles. The molecular formula is C14H17N3O3. The molecule has 0 aromatic heterocycles. The van der Waals surface area contributed by atoms with Gasteiger partial charge in [0.15, 0.2) is 0 Å². The summed E-state index contributed by atoms with van der Waals surface area (Å²) in [7, 11) is 0. The van der Waals surface area contributed by atoms with Gasteiger partial charge in [-0.3, -0.25) is 4.79 Å². The number of carbonyl (C=O) groups is 1. The van der Waals surface area contributed by atoms with Crippen molar-refractivity contribution in [2.45, 2.75) is 19.1 Å². The average molecular weight is 275 g/mol. The summed E-state index contributed by atoms with van der Waals surface area (Å²) in [6.07, 6.45) is -0.700. The minimum absolute atomic E-state index is 0.214. The molecule has 1 amide bonds. The molecule has 6 nitrogen and oxygen atoms in total. The van der Waals surface area contributed by atoms with Crippen molar-refractivity contribution in [1.82, 2.24) is 0 Å². The van der Waals surface area contributed by atoms with Crippen LogP contribution in [0.5, 0.6) is 0 Å². The van der Waals surface area contributed by atoms with E-state index in [0.29, 0.717) is 30.0 Å². The van der Waals surface area contributed by atoms with Gasteiger partial charge in [0.25, 0.3) is 0 Å². The summed E-state index contributed by atoms with van der Waals surface area (Å²) < 4.78 is 5.28. The number of aliphatic hydroxyl groups excluding tert-OH is 1. The van der Waals surface area contributed by atoms with Gasteiger partial charge in [0.05, 0.1) is 31.0 Å². The number of hydrogen-bond acceptors (Lipinski definition) is 5. The Hall–Kier alpha value is -2.10. The molecule has 1 aliphatic heterocycles. The number of aliphatic hydroxyl groups is 1. The van der Waals surface area contributed by atoms with Crippen LogP contribution in [-0.4, -0.2) is 36.8 Å². The molecule has 1 aromatic rings. The van der Waals surface area contributed by atoms with Crippen LogP contribution in [0, 0.1) is 11.3 Å². The first-order chi connectivity index (χ1) is 9.54. The highest BCUT2D eigenvalue weighted by Crippen LogP contribution is 2.30. The summed E-state index contributed by atoms with van der Waals surface area (Å²) in [6, 6.07) is 6.49. The van der Waals surface area contributed by atoms with E-state index in [4.69, 9.17) is 15.7 Å². The van der Waals surface area contributed by atoms with Crippen molar-refractivity contribution in [3.8, 4) is 6.07 Å². The van der Waals surface area contributed by atoms with Crippen LogP contribution in [0.2, 0.25) is 0 Å². The second-order valence-corrected chi connectivity index (χ2v) is 4.75. The van der Waals surface area contributed by atoms with E-state index in [1.54, 1.807) is 30.0 Å². The lowest BCUT2D eigenvalue weighted by Gasteiger charge is -2.37. The minimum Gasteiger partial charge on any atom is -0.389 e. The maximum atomic E-state index is 11.5. The Morgan fingerprint density at radius 2 is 2.40 bits per heavy atom. The van der Waals surface area contributed by atoms with Gasteiger partial charge in [0.2, 0.25) is 5.91 Å². The summed E-state index contributed by atoms with van der Waals surface area (Å²) in [4.78, 5) is 13.3. The summed E-state index contributed by atoms with van der Waals surface area (Å²) >= 11 is 0. The zero-order valence-corrected chi connectivity index (χ0v) is 11.2. The second-order valence-electron chi connectivity index (χ2n) is 4.75. The number of hydrogen-bond donors (Lipinski definition) is 2. The topological polar surface area (TPSA) is 99.6 Å². The molecule has 0 saturated carbocycles. The number of morpholine rings is 1. The number of nitrogens with zero attached hydrogens (tertiary/aromatic N) is 2. The maximum absolute atomic E-state index is 11.5. The molecule has 1 aliphatic rings. The fraction of sp³-hybridized carbons (Fsp3) is 0.429. The Balaban J connectivity index is 2.48. The van der Waals surface area contributed by atoms with Gasteiger partial charge < -0.3 is 20.5 Å². The Bertz CT molecular complexity index is 551. The normalized spacial score (nSPS) is 20.2. The van der Waals surface area contributed by atoms with Crippen molar-refractivity contribution in [2.75, 3.05) is 24.7 Å². The van der Waals surface area contributed by atoms with Gasteiger partial charge in [0, 0.05) is 17.8 Å². The second kappa shape index (κ2) is 5.90. The van der Waals surface area contributed by atoms with Crippen LogP contribution >= 0.6 is 0 Å². The van der Waals surface area contributed by atoms with Gasteiger partial charge >= 0.3 is 0 Å². The van der Waals surface area contributed by atoms with Gasteiger partial charge in [-0.05, 0) is 19.1 Å². The number of nitriles is 1. The van der Waals surface area contributed by atoms with Crippen LogP contribution in [0.15, 0.2) is 18.2 Å². The van der Waals surface area contributed by atoms with Gasteiger partial charge in [0.1, 0.15) is 6.04 Å². The predicted molar refractivity (Wildman–Crippen MR) is 72.9 cm³/mol. The monoisotopic (exact) mass is 275 g/mol. The smallest absolute Gasteiger partial charge is 0.242 e. The molecule has 1 aromatic carbocycles. The summed E-state index contributed by atoms with van der Waals surface area (Å²) in [5, 5.41) is 18.9. The number of carbonyl (C=O) groups excluding carboxylic acids is 1. The Kier molecular flexibility index (Phi) is 4.23. The van der Waals surface area contributed by atoms with Crippen LogP contribution < -0.4 is 10.6 Å². The van der Waals surface area contributed by atoms with Gasteiger partial charge in [-0.25, -0.2) is 0 Å². The molecule has 0 aliphatic carbocycles. The van der Waals surface area contributed by atoms with E-state index in [9.17, 15) is 9.90 Å². The average Bonchev–Trinajstić information content (AvgIpc) is 2.46. The van der Waals surface area contributed by atoms with Gasteiger partial charge in [-0.2, -0.15) is 5.26 Å². The van der Waals surface area contributed by atoms with E-state index in [-0.39, 0.29) is 6.61 Å². The number of rotatable bonds is 3. The van der Waals surface area contributed by atoms with E-state index in [0.717, 1.165) is 0 Å². The van der Waals surface area contributed by atoms with E-state index >= 15 is 0 Å². The first-order valence-corrected chi connectivity index (χ1v) is 6.40. The number of anilines is 1. The molecule has 0 radical (unpaired) electrons. The van der Waals surface area contributed by atoms with Crippen molar-refractivity contribution in [3.05, 3.63) is 29.3 Å². The molecule has 0 bridgehead atoms. The summed E-state index contributed by atoms with van der Waals surface area (Å²) in [6.45, 7) is 2.82. The Morgan fingerprint density at radius 1 is 1.65 bits per heavy atom. The molecule has 106 valence electrons. The number of amides is 1. The Morgan fingerprint density at radius 3 is 3.00 bits per heavy atom. The van der Waals surface area contributed by atoms with Crippen LogP contribution in [-0.2, 0) is 9.53 Å². The van der Waals surface area contributed by atoms with Crippen LogP contribution in [0.4, 0.5) is 5.69 Å². The van der Waals surface area contributed by atoms with Crippen molar-refractivity contribution in [2.24, 2.45) is 5.73 Å². The van der Waals surface area contributed by atoms with E-state index in [2.05, 4.69) is 6.07 Å². The lowest BCUT2D eigenvalue weighted by atomic mass is 10.0. The zero-order chi connectivity index (χ0) is 14.7. The maximum Gasteiger partial charge on any atom is 0.242 e. The molecular weight excluding hydrogens is 258 g/mol. The van der Waals surface area contributed by atoms with Crippen molar-refractivity contribution >= 4 is 11.6 Å². The quantitative estimate of drug-likeness (QED) is 0.826. The number of ether oxygens (including phenoxy) is 1. The molecule has 2 rings (SSSR count). The number of primary amides is 1.